The predicted octanol–water partition coefficient (Wildman–Crippen LogP) is 1.21. The first kappa shape index (κ1) is 13.4. The van der Waals surface area contributed by atoms with Gasteiger partial charge in [0.1, 0.15) is 0 Å². The van der Waals surface area contributed by atoms with Crippen LogP contribution < -0.4 is 19.7 Å². The highest BCUT2D eigenvalue weighted by molar-refractivity contribution is 5.39. The van der Waals surface area contributed by atoms with E-state index in [1.165, 1.54) is 25.7 Å². The van der Waals surface area contributed by atoms with Gasteiger partial charge in [-0.25, -0.2) is 0 Å². The Balaban J connectivity index is 1.86. The second-order valence-corrected chi connectivity index (χ2v) is 5.36. The van der Waals surface area contributed by atoms with Crippen molar-refractivity contribution >= 4 is 5.95 Å². The van der Waals surface area contributed by atoms with Gasteiger partial charge in [-0.1, -0.05) is 0 Å². The summed E-state index contributed by atoms with van der Waals surface area (Å²) in [6.07, 6.45) is 4.88. The van der Waals surface area contributed by atoms with E-state index < -0.39 is 0 Å². The van der Waals surface area contributed by atoms with Gasteiger partial charge in [-0.05, 0) is 32.2 Å². The van der Waals surface area contributed by atoms with Crippen LogP contribution >= 0.6 is 0 Å². The van der Waals surface area contributed by atoms with Crippen LogP contribution in [0.3, 0.4) is 0 Å². The lowest BCUT2D eigenvalue weighted by atomic mass is 10.0. The average Bonchev–Trinajstić information content (AvgIpc) is 3.16. The summed E-state index contributed by atoms with van der Waals surface area (Å²) in [6, 6.07) is 2.75. The lowest BCUT2D eigenvalue weighted by Crippen LogP contribution is -2.44. The van der Waals surface area contributed by atoms with Gasteiger partial charge in [0.2, 0.25) is 17.7 Å². The third-order valence-electron chi connectivity index (χ3n) is 4.20. The van der Waals surface area contributed by atoms with Gasteiger partial charge in [0.15, 0.2) is 0 Å². The fraction of sp³-hybridized carbons (Fsp3) is 0.714. The highest BCUT2D eigenvalue weighted by Gasteiger charge is 2.35. The molecule has 3 rings (SSSR count). The van der Waals surface area contributed by atoms with Gasteiger partial charge in [-0.2, -0.15) is 9.97 Å². The average molecular weight is 278 g/mol. The molecule has 20 heavy (non-hydrogen) atoms. The first-order chi connectivity index (χ1) is 9.81. The van der Waals surface area contributed by atoms with Gasteiger partial charge in [0, 0.05) is 18.6 Å². The summed E-state index contributed by atoms with van der Waals surface area (Å²) in [6.45, 7) is 2.12. The van der Waals surface area contributed by atoms with Gasteiger partial charge in [-0.3, -0.25) is 0 Å². The molecule has 1 aromatic rings. The maximum Gasteiger partial charge on any atom is 0.232 e. The van der Waals surface area contributed by atoms with Gasteiger partial charge in [0.05, 0.1) is 20.3 Å². The summed E-state index contributed by atoms with van der Waals surface area (Å²) < 4.78 is 10.5. The molecule has 0 bridgehead atoms. The van der Waals surface area contributed by atoms with Crippen molar-refractivity contribution in [3.8, 4) is 11.8 Å². The van der Waals surface area contributed by atoms with Crippen LogP contribution in [0.1, 0.15) is 25.7 Å². The van der Waals surface area contributed by atoms with E-state index in [0.29, 0.717) is 23.8 Å². The van der Waals surface area contributed by atoms with Crippen LogP contribution in [0.15, 0.2) is 6.07 Å². The lowest BCUT2D eigenvalue weighted by Gasteiger charge is -2.29. The Labute approximate surface area is 119 Å². The number of aromatic nitrogens is 2. The van der Waals surface area contributed by atoms with Crippen molar-refractivity contribution in [3.05, 3.63) is 6.07 Å². The lowest BCUT2D eigenvalue weighted by molar-refractivity contribution is 0.370. The third-order valence-corrected chi connectivity index (χ3v) is 4.20. The maximum atomic E-state index is 5.24. The molecule has 0 aliphatic carbocycles. The summed E-state index contributed by atoms with van der Waals surface area (Å²) in [5.74, 6) is 1.83. The van der Waals surface area contributed by atoms with Crippen LogP contribution in [0.25, 0.3) is 0 Å². The normalized spacial score (nSPS) is 26.0. The van der Waals surface area contributed by atoms with Crippen molar-refractivity contribution < 1.29 is 9.47 Å². The number of anilines is 1. The quantitative estimate of drug-likeness (QED) is 0.893. The van der Waals surface area contributed by atoms with Gasteiger partial charge in [-0.15, -0.1) is 0 Å². The number of hydrogen-bond donors (Lipinski definition) is 1. The van der Waals surface area contributed by atoms with Crippen molar-refractivity contribution in [2.75, 3.05) is 32.2 Å². The number of ether oxygens (including phenoxy) is 2. The fourth-order valence-electron chi connectivity index (χ4n) is 3.23. The van der Waals surface area contributed by atoms with Crippen LogP contribution in [0.4, 0.5) is 5.95 Å². The molecule has 1 aromatic heterocycles. The van der Waals surface area contributed by atoms with Crippen LogP contribution in [-0.4, -0.2) is 49.4 Å². The zero-order valence-electron chi connectivity index (χ0n) is 12.1. The van der Waals surface area contributed by atoms with E-state index in [2.05, 4.69) is 20.2 Å². The second-order valence-electron chi connectivity index (χ2n) is 5.36. The van der Waals surface area contributed by atoms with Gasteiger partial charge >= 0.3 is 0 Å². The van der Waals surface area contributed by atoms with E-state index in [4.69, 9.17) is 9.47 Å². The number of nitrogens with zero attached hydrogens (tertiary/aromatic N) is 3. The first-order valence-corrected chi connectivity index (χ1v) is 7.29. The van der Waals surface area contributed by atoms with E-state index in [1.54, 1.807) is 20.3 Å². The van der Waals surface area contributed by atoms with Crippen LogP contribution in [0, 0.1) is 0 Å². The zero-order valence-corrected chi connectivity index (χ0v) is 12.1. The standard InChI is InChI=1S/C14H22N4O2/c1-19-12-9-13(20-2)17-14(16-12)18-8-4-6-11(18)10-5-3-7-15-10/h9-11,15H,3-8H2,1-2H3. The SMILES string of the molecule is COc1cc(OC)nc(N2CCCC2C2CCCN2)n1. The Kier molecular flexibility index (Phi) is 3.91. The molecule has 2 fully saturated rings. The minimum atomic E-state index is 0.481. The molecule has 0 spiro atoms. The Morgan fingerprint density at radius 1 is 1.15 bits per heavy atom. The van der Waals surface area contributed by atoms with Crippen LogP contribution in [0.5, 0.6) is 11.8 Å². The predicted molar refractivity (Wildman–Crippen MR) is 76.5 cm³/mol. The molecule has 0 saturated carbocycles. The highest BCUT2D eigenvalue weighted by Crippen LogP contribution is 2.30. The summed E-state index contributed by atoms with van der Waals surface area (Å²) >= 11 is 0. The molecule has 2 saturated heterocycles. The monoisotopic (exact) mass is 278 g/mol. The summed E-state index contributed by atoms with van der Waals surface area (Å²) in [4.78, 5) is 11.3. The molecular formula is C14H22N4O2. The van der Waals surface area contributed by atoms with E-state index >= 15 is 0 Å². The molecule has 3 heterocycles. The third kappa shape index (κ3) is 2.52. The fourth-order valence-corrected chi connectivity index (χ4v) is 3.23. The van der Waals surface area contributed by atoms with Crippen LogP contribution in [-0.2, 0) is 0 Å². The molecular weight excluding hydrogens is 256 g/mol. The molecule has 0 amide bonds. The molecule has 110 valence electrons. The number of nitrogens with one attached hydrogen (secondary N) is 1. The van der Waals surface area contributed by atoms with E-state index in [0.717, 1.165) is 19.0 Å². The Morgan fingerprint density at radius 2 is 1.90 bits per heavy atom. The molecule has 2 aliphatic rings. The molecule has 2 unspecified atom stereocenters. The first-order valence-electron chi connectivity index (χ1n) is 7.29. The van der Waals surface area contributed by atoms with E-state index in [9.17, 15) is 0 Å². The van der Waals surface area contributed by atoms with Crippen LogP contribution in [0.2, 0.25) is 0 Å². The molecule has 1 N–H and O–H groups in total. The van der Waals surface area contributed by atoms with Crippen molar-refractivity contribution in [2.45, 2.75) is 37.8 Å². The molecule has 6 heteroatoms. The topological polar surface area (TPSA) is 59.5 Å². The van der Waals surface area contributed by atoms with E-state index in [-0.39, 0.29) is 0 Å². The Morgan fingerprint density at radius 3 is 2.50 bits per heavy atom. The summed E-state index contributed by atoms with van der Waals surface area (Å²) in [5.41, 5.74) is 0. The Hall–Kier alpha value is -1.56. The molecule has 0 radical (unpaired) electrons. The minimum absolute atomic E-state index is 0.481. The van der Waals surface area contributed by atoms with Gasteiger partial charge < -0.3 is 19.7 Å². The van der Waals surface area contributed by atoms with Crippen molar-refractivity contribution in [3.63, 3.8) is 0 Å². The zero-order chi connectivity index (χ0) is 13.9. The summed E-state index contributed by atoms with van der Waals surface area (Å²) in [7, 11) is 3.23. The van der Waals surface area contributed by atoms with E-state index in [1.807, 2.05) is 0 Å². The highest BCUT2D eigenvalue weighted by atomic mass is 16.5. The largest absolute Gasteiger partial charge is 0.481 e. The Bertz CT molecular complexity index is 440. The second kappa shape index (κ2) is 5.83. The van der Waals surface area contributed by atoms with Crippen molar-refractivity contribution in [2.24, 2.45) is 0 Å². The maximum absolute atomic E-state index is 5.24. The van der Waals surface area contributed by atoms with Crippen molar-refractivity contribution in [1.29, 1.82) is 0 Å². The van der Waals surface area contributed by atoms with Crippen molar-refractivity contribution in [1.82, 2.24) is 15.3 Å². The minimum Gasteiger partial charge on any atom is -0.481 e. The number of hydrogen-bond acceptors (Lipinski definition) is 6. The molecule has 0 aromatic carbocycles. The van der Waals surface area contributed by atoms with Gasteiger partial charge in [0.25, 0.3) is 0 Å². The number of methoxy groups -OCH3 is 2. The smallest absolute Gasteiger partial charge is 0.232 e. The number of rotatable bonds is 4. The molecule has 2 atom stereocenters. The summed E-state index contributed by atoms with van der Waals surface area (Å²) in [5, 5.41) is 3.60. The molecule has 6 nitrogen and oxygen atoms in total. The molecule has 2 aliphatic heterocycles.